The lowest BCUT2D eigenvalue weighted by Gasteiger charge is -2.26. The maximum Gasteiger partial charge on any atom is 0.330 e. The molecule has 0 radical (unpaired) electrons. The molecule has 0 aliphatic rings. The second kappa shape index (κ2) is 16.4. The molecule has 0 aromatic heterocycles. The fraction of sp³-hybridized carbons (Fsp3) is 0.419. The Labute approximate surface area is 230 Å². The smallest absolute Gasteiger partial charge is 0.330 e. The number of hydrogen-bond donors (Lipinski definition) is 2. The van der Waals surface area contributed by atoms with E-state index in [-0.39, 0.29) is 31.8 Å². The van der Waals surface area contributed by atoms with Crippen molar-refractivity contribution in [2.75, 3.05) is 26.4 Å². The van der Waals surface area contributed by atoms with Crippen LogP contribution in [0.25, 0.3) is 0 Å². The van der Waals surface area contributed by atoms with E-state index in [1.807, 2.05) is 48.5 Å². The van der Waals surface area contributed by atoms with Crippen molar-refractivity contribution in [2.24, 2.45) is 0 Å². The molecule has 2 N–H and O–H groups in total. The molecule has 2 atom stereocenters. The summed E-state index contributed by atoms with van der Waals surface area (Å²) in [6, 6.07) is 15.4. The first kappa shape index (κ1) is 31.6. The third-order valence-electron chi connectivity index (χ3n) is 6.03. The normalized spacial score (nSPS) is 13.3. The lowest BCUT2D eigenvalue weighted by Crippen LogP contribution is -2.21. The van der Waals surface area contributed by atoms with E-state index < -0.39 is 24.1 Å². The topological polar surface area (TPSA) is 112 Å². The number of allylic oxidation sites excluding steroid dienone is 2. The van der Waals surface area contributed by atoms with Gasteiger partial charge in [0.15, 0.2) is 0 Å². The summed E-state index contributed by atoms with van der Waals surface area (Å²) >= 11 is 0. The van der Waals surface area contributed by atoms with Crippen LogP contribution in [0.4, 0.5) is 0 Å². The Morgan fingerprint density at radius 3 is 1.41 bits per heavy atom. The van der Waals surface area contributed by atoms with Gasteiger partial charge in [0.2, 0.25) is 0 Å². The van der Waals surface area contributed by atoms with Gasteiger partial charge in [-0.15, -0.1) is 0 Å². The molecule has 0 saturated carbocycles. The zero-order valence-electron chi connectivity index (χ0n) is 23.2. The Hall–Kier alpha value is -3.62. The second-order valence-corrected chi connectivity index (χ2v) is 9.52. The number of hydrogen-bond acceptors (Lipinski definition) is 8. The van der Waals surface area contributed by atoms with Gasteiger partial charge in [-0.1, -0.05) is 50.3 Å². The van der Waals surface area contributed by atoms with Crippen molar-refractivity contribution in [3.05, 3.63) is 84.0 Å². The molecule has 0 aliphatic heterocycles. The molecule has 2 rings (SSSR count). The minimum atomic E-state index is -0.748. The SMILES string of the molecule is CC=CC(=O)OCCC(O)COc1ccc(C(C)(C)c2ccc(OCC(O)CCOC(=O)C=CC)cc2)cc1. The summed E-state index contributed by atoms with van der Waals surface area (Å²) in [5.41, 5.74) is 1.88. The highest BCUT2D eigenvalue weighted by Gasteiger charge is 2.23. The van der Waals surface area contributed by atoms with Crippen molar-refractivity contribution in [3.8, 4) is 11.5 Å². The largest absolute Gasteiger partial charge is 0.491 e. The van der Waals surface area contributed by atoms with Crippen LogP contribution >= 0.6 is 0 Å². The van der Waals surface area contributed by atoms with Crippen LogP contribution in [0.2, 0.25) is 0 Å². The van der Waals surface area contributed by atoms with Crippen LogP contribution in [-0.4, -0.2) is 60.8 Å². The summed E-state index contributed by atoms with van der Waals surface area (Å²) in [7, 11) is 0. The molecule has 2 unspecified atom stereocenters. The van der Waals surface area contributed by atoms with Gasteiger partial charge >= 0.3 is 11.9 Å². The molecule has 8 heteroatoms. The number of carbonyl (C=O) groups is 2. The van der Waals surface area contributed by atoms with Gasteiger partial charge in [-0.05, 0) is 49.2 Å². The summed E-state index contributed by atoms with van der Waals surface area (Å²) in [5, 5.41) is 20.1. The van der Waals surface area contributed by atoms with Gasteiger partial charge in [-0.2, -0.15) is 0 Å². The van der Waals surface area contributed by atoms with Gasteiger partial charge in [0.05, 0.1) is 25.4 Å². The van der Waals surface area contributed by atoms with E-state index in [0.717, 1.165) is 11.1 Å². The van der Waals surface area contributed by atoms with Crippen LogP contribution in [0.3, 0.4) is 0 Å². The minimum absolute atomic E-state index is 0.0986. The van der Waals surface area contributed by atoms with Gasteiger partial charge in [0.25, 0.3) is 0 Å². The lowest BCUT2D eigenvalue weighted by atomic mass is 9.78. The maximum absolute atomic E-state index is 11.3. The Morgan fingerprint density at radius 1 is 0.718 bits per heavy atom. The van der Waals surface area contributed by atoms with Crippen LogP contribution in [-0.2, 0) is 24.5 Å². The van der Waals surface area contributed by atoms with E-state index in [2.05, 4.69) is 13.8 Å². The summed E-state index contributed by atoms with van der Waals surface area (Å²) in [5.74, 6) is 0.417. The van der Waals surface area contributed by atoms with Crippen LogP contribution in [0.5, 0.6) is 11.5 Å². The van der Waals surface area contributed by atoms with Gasteiger partial charge in [0.1, 0.15) is 24.7 Å². The number of aliphatic hydroxyl groups excluding tert-OH is 2. The third-order valence-corrected chi connectivity index (χ3v) is 6.03. The van der Waals surface area contributed by atoms with Crippen LogP contribution in [0.15, 0.2) is 72.8 Å². The molecule has 39 heavy (non-hydrogen) atoms. The Bertz CT molecular complexity index is 985. The minimum Gasteiger partial charge on any atom is -0.491 e. The zero-order chi connectivity index (χ0) is 28.7. The van der Waals surface area contributed by atoms with Crippen LogP contribution < -0.4 is 9.47 Å². The van der Waals surface area contributed by atoms with Gasteiger partial charge in [0, 0.05) is 30.4 Å². The second-order valence-electron chi connectivity index (χ2n) is 9.52. The predicted octanol–water partition coefficient (Wildman–Crippen LogP) is 4.51. The lowest BCUT2D eigenvalue weighted by molar-refractivity contribution is -0.139. The fourth-order valence-electron chi connectivity index (χ4n) is 3.61. The first-order valence-electron chi connectivity index (χ1n) is 13.1. The number of carbonyl (C=O) groups excluding carboxylic acids is 2. The molecule has 0 fully saturated rings. The van der Waals surface area contributed by atoms with Gasteiger partial charge in [-0.3, -0.25) is 0 Å². The van der Waals surface area contributed by atoms with Crippen molar-refractivity contribution >= 4 is 11.9 Å². The average molecular weight is 541 g/mol. The molecule has 0 saturated heterocycles. The Morgan fingerprint density at radius 2 is 1.08 bits per heavy atom. The predicted molar refractivity (Wildman–Crippen MR) is 149 cm³/mol. The molecule has 0 bridgehead atoms. The number of aliphatic hydroxyl groups is 2. The quantitative estimate of drug-likeness (QED) is 0.236. The van der Waals surface area contributed by atoms with Crippen molar-refractivity contribution < 1.29 is 38.7 Å². The fourth-order valence-corrected chi connectivity index (χ4v) is 3.61. The first-order valence-corrected chi connectivity index (χ1v) is 13.1. The molecular formula is C31H40O8. The summed E-state index contributed by atoms with van der Waals surface area (Å²) in [4.78, 5) is 22.6. The van der Waals surface area contributed by atoms with Crippen molar-refractivity contribution in [2.45, 2.75) is 58.2 Å². The van der Waals surface area contributed by atoms with Crippen LogP contribution in [0, 0.1) is 0 Å². The number of rotatable bonds is 16. The van der Waals surface area contributed by atoms with Crippen LogP contribution in [0.1, 0.15) is 51.7 Å². The van der Waals surface area contributed by atoms with Gasteiger partial charge in [-0.25, -0.2) is 9.59 Å². The van der Waals surface area contributed by atoms with Gasteiger partial charge < -0.3 is 29.2 Å². The molecule has 0 amide bonds. The van der Waals surface area contributed by atoms with E-state index in [1.165, 1.54) is 12.2 Å². The summed E-state index contributed by atoms with van der Waals surface area (Å²) < 4.78 is 21.3. The maximum atomic E-state index is 11.3. The zero-order valence-corrected chi connectivity index (χ0v) is 23.2. The molecule has 212 valence electrons. The molecule has 2 aromatic carbocycles. The highest BCUT2D eigenvalue weighted by Crippen LogP contribution is 2.33. The molecular weight excluding hydrogens is 500 g/mol. The first-order chi connectivity index (χ1) is 18.6. The third kappa shape index (κ3) is 11.3. The highest BCUT2D eigenvalue weighted by molar-refractivity contribution is 5.82. The average Bonchev–Trinajstić information content (AvgIpc) is 2.91. The molecule has 0 heterocycles. The molecule has 0 aliphatic carbocycles. The van der Waals surface area contributed by atoms with E-state index >= 15 is 0 Å². The summed E-state index contributed by atoms with van der Waals surface area (Å²) in [6.07, 6.45) is 4.95. The molecule has 0 spiro atoms. The number of benzene rings is 2. The standard InChI is InChI=1S/C31H40O8/c1-5-7-29(34)36-19-17-25(32)21-38-27-13-9-23(10-14-27)31(3,4)24-11-15-28(16-12-24)39-22-26(33)18-20-37-30(35)8-6-2/h5-16,25-26,32-33H,17-22H2,1-4H3. The monoisotopic (exact) mass is 540 g/mol. The van der Waals surface area contributed by atoms with Crippen molar-refractivity contribution in [1.82, 2.24) is 0 Å². The Kier molecular flexibility index (Phi) is 13.3. The van der Waals surface area contributed by atoms with E-state index in [4.69, 9.17) is 18.9 Å². The molecule has 2 aromatic rings. The molecule has 8 nitrogen and oxygen atoms in total. The Balaban J connectivity index is 1.81. The van der Waals surface area contributed by atoms with E-state index in [0.29, 0.717) is 24.3 Å². The highest BCUT2D eigenvalue weighted by atomic mass is 16.5. The van der Waals surface area contributed by atoms with E-state index in [1.54, 1.807) is 26.0 Å². The number of esters is 2. The van der Waals surface area contributed by atoms with Crippen molar-refractivity contribution in [1.29, 1.82) is 0 Å². The number of ether oxygens (including phenoxy) is 4. The summed E-state index contributed by atoms with van der Waals surface area (Å²) in [6.45, 7) is 8.15. The van der Waals surface area contributed by atoms with E-state index in [9.17, 15) is 19.8 Å². The van der Waals surface area contributed by atoms with Crippen molar-refractivity contribution in [3.63, 3.8) is 0 Å².